The van der Waals surface area contributed by atoms with E-state index in [-0.39, 0.29) is 0 Å². The average Bonchev–Trinajstić information content (AvgIpc) is 3.80. The maximum Gasteiger partial charge on any atom is 0.188 e. The van der Waals surface area contributed by atoms with E-state index in [0.29, 0.717) is 11.6 Å². The van der Waals surface area contributed by atoms with Gasteiger partial charge in [-0.05, 0) is 38.7 Å². The molecule has 8 aromatic rings. The average molecular weight is 577 g/mol. The first-order valence-corrected chi connectivity index (χ1v) is 15.1. The summed E-state index contributed by atoms with van der Waals surface area (Å²) in [7, 11) is 0. The first kappa shape index (κ1) is 24.6. The number of hydrogen-bond donors (Lipinski definition) is 0. The van der Waals surface area contributed by atoms with Crippen LogP contribution in [0.2, 0.25) is 0 Å². The summed E-state index contributed by atoms with van der Waals surface area (Å²) in [6.45, 7) is 0. The van der Waals surface area contributed by atoms with Crippen LogP contribution in [0, 0.1) is 0 Å². The number of nitrogens with zero attached hydrogens (tertiary/aromatic N) is 6. The molecule has 4 heterocycles. The number of hydrogen-bond acceptors (Lipinski definition) is 8. The normalized spacial score (nSPS) is 11.3. The first-order valence-electron chi connectivity index (χ1n) is 13.3. The van der Waals surface area contributed by atoms with Crippen molar-refractivity contribution in [1.29, 1.82) is 0 Å². The summed E-state index contributed by atoms with van der Waals surface area (Å²) in [4.78, 5) is 27.6. The third kappa shape index (κ3) is 4.25. The highest BCUT2D eigenvalue weighted by atomic mass is 32.1. The van der Waals surface area contributed by atoms with Crippen LogP contribution >= 0.6 is 22.7 Å². The zero-order chi connectivity index (χ0) is 27.9. The van der Waals surface area contributed by atoms with Crippen LogP contribution in [0.4, 0.5) is 0 Å². The van der Waals surface area contributed by atoms with Crippen LogP contribution in [0.25, 0.3) is 76.6 Å². The SMILES string of the molecule is c1ccc(-c2ccc3c(-c4cnc(-c5nccs5)nc4)c4ccccc4c(-c4cnc(-c5nccs5)nc4)c3c2)cc1. The van der Waals surface area contributed by atoms with Gasteiger partial charge in [0.05, 0.1) is 0 Å². The van der Waals surface area contributed by atoms with Crippen molar-refractivity contribution in [2.45, 2.75) is 0 Å². The highest BCUT2D eigenvalue weighted by molar-refractivity contribution is 7.13. The van der Waals surface area contributed by atoms with Gasteiger partial charge in [-0.1, -0.05) is 66.7 Å². The minimum Gasteiger partial charge on any atom is -0.241 e. The third-order valence-corrected chi connectivity index (χ3v) is 8.80. The molecule has 198 valence electrons. The molecule has 8 rings (SSSR count). The van der Waals surface area contributed by atoms with Crippen molar-refractivity contribution in [3.05, 3.63) is 121 Å². The lowest BCUT2D eigenvalue weighted by atomic mass is 9.86. The van der Waals surface area contributed by atoms with E-state index >= 15 is 0 Å². The molecule has 0 radical (unpaired) electrons. The van der Waals surface area contributed by atoms with Crippen molar-refractivity contribution in [2.24, 2.45) is 0 Å². The van der Waals surface area contributed by atoms with Crippen LogP contribution in [0.1, 0.15) is 0 Å². The van der Waals surface area contributed by atoms with Gasteiger partial charge in [0.1, 0.15) is 0 Å². The van der Waals surface area contributed by atoms with E-state index in [1.54, 1.807) is 12.4 Å². The van der Waals surface area contributed by atoms with E-state index in [1.165, 1.54) is 22.7 Å². The number of rotatable bonds is 5. The van der Waals surface area contributed by atoms with E-state index in [2.05, 4.69) is 76.7 Å². The number of thiazole rings is 2. The zero-order valence-corrected chi connectivity index (χ0v) is 23.7. The molecule has 0 fully saturated rings. The Morgan fingerprint density at radius 1 is 0.405 bits per heavy atom. The molecule has 8 heteroatoms. The summed E-state index contributed by atoms with van der Waals surface area (Å²) in [5.41, 5.74) is 6.38. The highest BCUT2D eigenvalue weighted by Gasteiger charge is 2.19. The number of fused-ring (bicyclic) bond motifs is 2. The van der Waals surface area contributed by atoms with Gasteiger partial charge in [0.25, 0.3) is 0 Å². The molecule has 0 N–H and O–H groups in total. The van der Waals surface area contributed by atoms with E-state index in [4.69, 9.17) is 19.9 Å². The quantitative estimate of drug-likeness (QED) is 0.191. The molecule has 0 unspecified atom stereocenters. The van der Waals surface area contributed by atoms with Gasteiger partial charge in [-0.2, -0.15) is 0 Å². The molecular weight excluding hydrogens is 557 g/mol. The minimum absolute atomic E-state index is 0.626. The monoisotopic (exact) mass is 576 g/mol. The molecule has 0 atom stereocenters. The largest absolute Gasteiger partial charge is 0.241 e. The molecule has 6 nitrogen and oxygen atoms in total. The lowest BCUT2D eigenvalue weighted by Crippen LogP contribution is -1.95. The van der Waals surface area contributed by atoms with Crippen LogP contribution in [0.3, 0.4) is 0 Å². The Hall–Kier alpha value is -5.18. The predicted molar refractivity (Wildman–Crippen MR) is 171 cm³/mol. The summed E-state index contributed by atoms with van der Waals surface area (Å²) < 4.78 is 0. The van der Waals surface area contributed by atoms with E-state index in [0.717, 1.165) is 64.9 Å². The second-order valence-electron chi connectivity index (χ2n) is 9.69. The van der Waals surface area contributed by atoms with E-state index in [1.807, 2.05) is 41.6 Å². The Morgan fingerprint density at radius 3 is 1.43 bits per heavy atom. The molecule has 0 aliphatic rings. The summed E-state index contributed by atoms with van der Waals surface area (Å²) in [5.74, 6) is 1.25. The van der Waals surface area contributed by atoms with Gasteiger partial charge in [0.15, 0.2) is 21.7 Å². The Labute approximate surface area is 249 Å². The van der Waals surface area contributed by atoms with Crippen LogP contribution in [-0.4, -0.2) is 29.9 Å². The maximum absolute atomic E-state index is 4.72. The molecule has 0 saturated heterocycles. The van der Waals surface area contributed by atoms with Crippen molar-refractivity contribution in [3.8, 4) is 55.0 Å². The van der Waals surface area contributed by atoms with E-state index in [9.17, 15) is 0 Å². The summed E-state index contributed by atoms with van der Waals surface area (Å²) >= 11 is 3.06. The molecule has 0 amide bonds. The van der Waals surface area contributed by atoms with Gasteiger partial charge < -0.3 is 0 Å². The highest BCUT2D eigenvalue weighted by Crippen LogP contribution is 2.44. The van der Waals surface area contributed by atoms with Crippen LogP contribution in [0.15, 0.2) is 121 Å². The lowest BCUT2D eigenvalue weighted by molar-refractivity contribution is 1.16. The van der Waals surface area contributed by atoms with Gasteiger partial charge in [0, 0.05) is 70.2 Å². The molecule has 4 aromatic heterocycles. The van der Waals surface area contributed by atoms with Crippen molar-refractivity contribution < 1.29 is 0 Å². The van der Waals surface area contributed by atoms with Crippen molar-refractivity contribution in [3.63, 3.8) is 0 Å². The summed E-state index contributed by atoms with van der Waals surface area (Å²) in [6, 6.07) is 25.6. The Morgan fingerprint density at radius 2 is 0.905 bits per heavy atom. The predicted octanol–water partition coefficient (Wildman–Crippen LogP) is 8.82. The molecule has 0 spiro atoms. The standard InChI is InChI=1S/C34H20N6S2/c1-2-6-21(7-3-1)22-10-11-27-28(16-22)30(24-19-39-32(40-20-24)34-36-13-15-42-34)26-9-5-4-8-25(26)29(27)23-17-37-31(38-18-23)33-35-12-14-41-33/h1-20H. The van der Waals surface area contributed by atoms with Gasteiger partial charge in [-0.15, -0.1) is 22.7 Å². The topological polar surface area (TPSA) is 77.3 Å². The molecule has 0 bridgehead atoms. The second kappa shape index (κ2) is 10.3. The Balaban J connectivity index is 1.40. The fraction of sp³-hybridized carbons (Fsp3) is 0. The maximum atomic E-state index is 4.72. The number of aromatic nitrogens is 6. The van der Waals surface area contributed by atoms with Gasteiger partial charge in [-0.25, -0.2) is 29.9 Å². The Bertz CT molecular complexity index is 2160. The van der Waals surface area contributed by atoms with Gasteiger partial charge in [0.2, 0.25) is 0 Å². The third-order valence-electron chi connectivity index (χ3n) is 7.26. The zero-order valence-electron chi connectivity index (χ0n) is 22.0. The van der Waals surface area contributed by atoms with Crippen LogP contribution in [-0.2, 0) is 0 Å². The lowest BCUT2D eigenvalue weighted by Gasteiger charge is -2.18. The molecule has 0 aliphatic heterocycles. The first-order chi connectivity index (χ1) is 20.8. The second-order valence-corrected chi connectivity index (χ2v) is 11.5. The molecule has 4 aromatic carbocycles. The molecule has 0 aliphatic carbocycles. The van der Waals surface area contributed by atoms with Crippen molar-refractivity contribution in [1.82, 2.24) is 29.9 Å². The fourth-order valence-corrected chi connectivity index (χ4v) is 6.58. The van der Waals surface area contributed by atoms with Gasteiger partial charge in [-0.3, -0.25) is 0 Å². The minimum atomic E-state index is 0.626. The van der Waals surface area contributed by atoms with Crippen molar-refractivity contribution >= 4 is 44.2 Å². The number of benzene rings is 4. The van der Waals surface area contributed by atoms with Gasteiger partial charge >= 0.3 is 0 Å². The summed E-state index contributed by atoms with van der Waals surface area (Å²) in [5, 5.41) is 9.92. The van der Waals surface area contributed by atoms with Crippen LogP contribution < -0.4 is 0 Å². The van der Waals surface area contributed by atoms with Crippen molar-refractivity contribution in [2.75, 3.05) is 0 Å². The molecule has 0 saturated carbocycles. The van der Waals surface area contributed by atoms with Crippen LogP contribution in [0.5, 0.6) is 0 Å². The molecular formula is C34H20N6S2. The Kier molecular flexibility index (Phi) is 6.05. The smallest absolute Gasteiger partial charge is 0.188 e. The van der Waals surface area contributed by atoms with E-state index < -0.39 is 0 Å². The molecule has 42 heavy (non-hydrogen) atoms. The fourth-order valence-electron chi connectivity index (χ4n) is 5.41. The summed E-state index contributed by atoms with van der Waals surface area (Å²) in [6.07, 6.45) is 11.2.